The first-order chi connectivity index (χ1) is 19.7. The zero-order valence-corrected chi connectivity index (χ0v) is 22.6. The lowest BCUT2D eigenvalue weighted by molar-refractivity contribution is -0.120. The molecule has 0 saturated carbocycles. The second-order valence-corrected chi connectivity index (χ2v) is 11.3. The van der Waals surface area contributed by atoms with E-state index >= 15 is 4.79 Å². The highest BCUT2D eigenvalue weighted by atomic mass is 32.2. The molecule has 0 bridgehead atoms. The number of benzene rings is 5. The zero-order chi connectivity index (χ0) is 26.9. The average molecular weight is 538 g/mol. The minimum atomic E-state index is -1.07. The number of amides is 1. The molecule has 0 saturated heterocycles. The Bertz CT molecular complexity index is 1690. The Kier molecular flexibility index (Phi) is 6.26. The number of carbonyl (C=O) groups excluding carboxylic acids is 1. The van der Waals surface area contributed by atoms with Gasteiger partial charge in [0.25, 0.3) is 5.91 Å². The van der Waals surface area contributed by atoms with Gasteiger partial charge in [-0.3, -0.25) is 9.69 Å². The van der Waals surface area contributed by atoms with Crippen LogP contribution in [0.25, 0.3) is 11.3 Å². The van der Waals surface area contributed by atoms with Gasteiger partial charge in [0, 0.05) is 27.7 Å². The first-order valence-electron chi connectivity index (χ1n) is 13.5. The normalized spacial score (nSPS) is 20.2. The molecular weight excluding hydrogens is 510 g/mol. The van der Waals surface area contributed by atoms with Crippen LogP contribution in [0.1, 0.15) is 33.9 Å². The molecule has 2 atom stereocenters. The highest BCUT2D eigenvalue weighted by Gasteiger charge is 2.54. The third-order valence-electron chi connectivity index (χ3n) is 7.61. The Morgan fingerprint density at radius 2 is 1.20 bits per heavy atom. The number of thioether (sulfide) groups is 1. The maximum atomic E-state index is 15.1. The van der Waals surface area contributed by atoms with Gasteiger partial charge in [-0.05, 0) is 23.3 Å². The van der Waals surface area contributed by atoms with Crippen molar-refractivity contribution >= 4 is 34.7 Å². The lowest BCUT2D eigenvalue weighted by Gasteiger charge is -2.48. The molecule has 5 aromatic rings. The number of hydrogen-bond donors (Lipinski definition) is 0. The van der Waals surface area contributed by atoms with Crippen LogP contribution >= 0.6 is 11.8 Å². The molecule has 7 rings (SSSR count). The second kappa shape index (κ2) is 10.2. The number of para-hydroxylation sites is 1. The first kappa shape index (κ1) is 24.5. The van der Waals surface area contributed by atoms with Crippen molar-refractivity contribution in [1.82, 2.24) is 0 Å². The predicted octanol–water partition coefficient (Wildman–Crippen LogP) is 8.71. The Morgan fingerprint density at radius 1 is 0.650 bits per heavy atom. The van der Waals surface area contributed by atoms with E-state index in [1.807, 2.05) is 108 Å². The van der Waals surface area contributed by atoms with E-state index < -0.39 is 5.72 Å². The van der Waals surface area contributed by atoms with Gasteiger partial charge in [0.1, 0.15) is 5.76 Å². The molecule has 3 nitrogen and oxygen atoms in total. The van der Waals surface area contributed by atoms with Crippen LogP contribution in [0.5, 0.6) is 0 Å². The Labute approximate surface area is 238 Å². The molecule has 0 radical (unpaired) electrons. The van der Waals surface area contributed by atoms with E-state index in [1.54, 1.807) is 11.8 Å². The van der Waals surface area contributed by atoms with E-state index in [-0.39, 0.29) is 11.2 Å². The summed E-state index contributed by atoms with van der Waals surface area (Å²) in [6.07, 6.45) is 0.574. The SMILES string of the molecule is O=C1C(c2ccccc2)=C(c2ccccc2)O[C@@]2(c3ccccc3)C[C@H](c3ccccc3)Sc3ccccc3N12. The average Bonchev–Trinajstić information content (AvgIpc) is 3.18. The summed E-state index contributed by atoms with van der Waals surface area (Å²) in [5.41, 5.74) is 4.23. The third kappa shape index (κ3) is 4.12. The van der Waals surface area contributed by atoms with E-state index in [9.17, 15) is 0 Å². The van der Waals surface area contributed by atoms with E-state index in [2.05, 4.69) is 42.5 Å². The molecule has 0 spiro atoms. The molecule has 2 aliphatic rings. The van der Waals surface area contributed by atoms with Gasteiger partial charge in [0.05, 0.1) is 11.3 Å². The van der Waals surface area contributed by atoms with Crippen LogP contribution < -0.4 is 4.90 Å². The number of nitrogens with zero attached hydrogens (tertiary/aromatic N) is 1. The Morgan fingerprint density at radius 3 is 1.88 bits per heavy atom. The quantitative estimate of drug-likeness (QED) is 0.230. The molecule has 1 amide bonds. The van der Waals surface area contributed by atoms with Gasteiger partial charge in [0.2, 0.25) is 5.72 Å². The fourth-order valence-corrected chi connectivity index (χ4v) is 7.12. The summed E-state index contributed by atoms with van der Waals surface area (Å²) in [4.78, 5) is 18.0. The minimum Gasteiger partial charge on any atom is -0.462 e. The van der Waals surface area contributed by atoms with Crippen LogP contribution in [0.3, 0.4) is 0 Å². The molecule has 4 heteroatoms. The predicted molar refractivity (Wildman–Crippen MR) is 162 cm³/mol. The van der Waals surface area contributed by atoms with Crippen molar-refractivity contribution in [2.45, 2.75) is 22.3 Å². The lowest BCUT2D eigenvalue weighted by atomic mass is 9.87. The van der Waals surface area contributed by atoms with Crippen molar-refractivity contribution in [3.8, 4) is 0 Å². The van der Waals surface area contributed by atoms with Crippen LogP contribution in [-0.4, -0.2) is 5.91 Å². The number of anilines is 1. The molecule has 2 aliphatic heterocycles. The molecular formula is C36H27NO2S. The molecule has 0 aromatic heterocycles. The summed E-state index contributed by atoms with van der Waals surface area (Å²) in [6, 6.07) is 48.9. The van der Waals surface area contributed by atoms with Crippen molar-refractivity contribution in [3.05, 3.63) is 168 Å². The minimum absolute atomic E-state index is 0.0515. The maximum Gasteiger partial charge on any atom is 0.266 e. The fourth-order valence-electron chi connectivity index (χ4n) is 5.77. The lowest BCUT2D eigenvalue weighted by Crippen LogP contribution is -2.55. The fraction of sp³-hybridized carbons (Fsp3) is 0.0833. The molecule has 5 aromatic carbocycles. The molecule has 2 heterocycles. The Balaban J connectivity index is 1.55. The van der Waals surface area contributed by atoms with Crippen molar-refractivity contribution < 1.29 is 9.53 Å². The van der Waals surface area contributed by atoms with Crippen LogP contribution in [0, 0.1) is 0 Å². The first-order valence-corrected chi connectivity index (χ1v) is 14.4. The number of carbonyl (C=O) groups is 1. The van der Waals surface area contributed by atoms with Gasteiger partial charge in [-0.25, -0.2) is 0 Å². The topological polar surface area (TPSA) is 29.5 Å². The van der Waals surface area contributed by atoms with Crippen molar-refractivity contribution in [1.29, 1.82) is 0 Å². The molecule has 194 valence electrons. The summed E-state index contributed by atoms with van der Waals surface area (Å²) < 4.78 is 7.35. The van der Waals surface area contributed by atoms with E-state index in [4.69, 9.17) is 4.74 Å². The highest BCUT2D eigenvalue weighted by molar-refractivity contribution is 7.99. The van der Waals surface area contributed by atoms with Gasteiger partial charge in [-0.1, -0.05) is 133 Å². The van der Waals surface area contributed by atoms with Crippen LogP contribution in [0.2, 0.25) is 0 Å². The molecule has 0 aliphatic carbocycles. The van der Waals surface area contributed by atoms with Crippen molar-refractivity contribution in [3.63, 3.8) is 0 Å². The van der Waals surface area contributed by atoms with Crippen LogP contribution in [-0.2, 0) is 15.3 Å². The smallest absolute Gasteiger partial charge is 0.266 e. The van der Waals surface area contributed by atoms with E-state index in [0.717, 1.165) is 27.3 Å². The summed E-state index contributed by atoms with van der Waals surface area (Å²) in [7, 11) is 0. The van der Waals surface area contributed by atoms with Gasteiger partial charge < -0.3 is 4.74 Å². The summed E-state index contributed by atoms with van der Waals surface area (Å²) in [5, 5.41) is 0.0515. The molecule has 40 heavy (non-hydrogen) atoms. The number of rotatable bonds is 4. The Hall–Kier alpha value is -4.54. The number of hydrogen-bond acceptors (Lipinski definition) is 3. The van der Waals surface area contributed by atoms with E-state index in [0.29, 0.717) is 17.8 Å². The monoisotopic (exact) mass is 537 g/mol. The number of fused-ring (bicyclic) bond motifs is 3. The van der Waals surface area contributed by atoms with Gasteiger partial charge in [0.15, 0.2) is 0 Å². The molecule has 0 fully saturated rings. The molecule has 0 unspecified atom stereocenters. The second-order valence-electron chi connectivity index (χ2n) is 10.0. The van der Waals surface area contributed by atoms with Gasteiger partial charge in [-0.2, -0.15) is 0 Å². The van der Waals surface area contributed by atoms with Gasteiger partial charge in [-0.15, -0.1) is 11.8 Å². The zero-order valence-electron chi connectivity index (χ0n) is 21.8. The molecule has 0 N–H and O–H groups in total. The standard InChI is InChI=1S/C36H27NO2S/c38-35-33(27-17-7-2-8-18-27)34(28-19-9-3-10-20-28)39-36(29-21-11-4-12-22-29)25-32(26-15-5-1-6-16-26)40-31-24-14-13-23-30(31)37(35)36/h1-24,32H,25H2/t32-,36-/m1/s1. The van der Waals surface area contributed by atoms with E-state index in [1.165, 1.54) is 5.56 Å². The van der Waals surface area contributed by atoms with Gasteiger partial charge >= 0.3 is 0 Å². The number of ether oxygens (including phenoxy) is 1. The largest absolute Gasteiger partial charge is 0.462 e. The maximum absolute atomic E-state index is 15.1. The van der Waals surface area contributed by atoms with Crippen LogP contribution in [0.15, 0.2) is 150 Å². The summed E-state index contributed by atoms with van der Waals surface area (Å²) in [5.74, 6) is 0.537. The highest BCUT2D eigenvalue weighted by Crippen LogP contribution is 2.57. The third-order valence-corrected chi connectivity index (χ3v) is 8.93. The summed E-state index contributed by atoms with van der Waals surface area (Å²) >= 11 is 1.79. The van der Waals surface area contributed by atoms with Crippen molar-refractivity contribution in [2.24, 2.45) is 0 Å². The van der Waals surface area contributed by atoms with Crippen LogP contribution in [0.4, 0.5) is 5.69 Å². The summed E-state index contributed by atoms with van der Waals surface area (Å²) in [6.45, 7) is 0. The van der Waals surface area contributed by atoms with Crippen molar-refractivity contribution in [2.75, 3.05) is 4.90 Å².